The largest absolute Gasteiger partial charge is 0.395 e. The summed E-state index contributed by atoms with van der Waals surface area (Å²) < 4.78 is 0. The number of aliphatic hydroxyl groups excluding tert-OH is 1. The van der Waals surface area contributed by atoms with Gasteiger partial charge in [-0.15, -0.1) is 0 Å². The molecule has 0 spiro atoms. The molecule has 1 fully saturated rings. The Labute approximate surface area is 87.1 Å². The molecule has 0 bridgehead atoms. The normalized spacial score (nSPS) is 20.6. The second-order valence-corrected chi connectivity index (χ2v) is 5.19. The van der Waals surface area contributed by atoms with Gasteiger partial charge in [-0.05, 0) is 24.2 Å². The lowest BCUT2D eigenvalue weighted by Crippen LogP contribution is -2.43. The summed E-state index contributed by atoms with van der Waals surface area (Å²) in [6.45, 7) is 6.41. The predicted octanol–water partition coefficient (Wildman–Crippen LogP) is 0.722. The van der Waals surface area contributed by atoms with Crippen molar-refractivity contribution in [1.82, 2.24) is 5.32 Å². The third kappa shape index (κ3) is 3.23. The molecule has 0 saturated heterocycles. The lowest BCUT2D eigenvalue weighted by atomic mass is 9.67. The van der Waals surface area contributed by atoms with E-state index in [-0.39, 0.29) is 12.6 Å². The van der Waals surface area contributed by atoms with E-state index in [9.17, 15) is 0 Å². The monoisotopic (exact) mass is 200 g/mol. The van der Waals surface area contributed by atoms with E-state index in [1.807, 2.05) is 0 Å². The Bertz CT molecular complexity index is 167. The molecule has 84 valence electrons. The Morgan fingerprint density at radius 1 is 1.50 bits per heavy atom. The molecule has 0 radical (unpaired) electrons. The Morgan fingerprint density at radius 3 is 2.57 bits per heavy atom. The van der Waals surface area contributed by atoms with Crippen LogP contribution in [-0.4, -0.2) is 30.8 Å². The van der Waals surface area contributed by atoms with Crippen molar-refractivity contribution in [3.05, 3.63) is 0 Å². The second kappa shape index (κ2) is 5.10. The molecule has 1 saturated carbocycles. The summed E-state index contributed by atoms with van der Waals surface area (Å²) >= 11 is 0. The van der Waals surface area contributed by atoms with E-state index in [1.165, 1.54) is 19.3 Å². The van der Waals surface area contributed by atoms with Crippen LogP contribution in [-0.2, 0) is 0 Å². The molecule has 1 rings (SSSR count). The van der Waals surface area contributed by atoms with E-state index in [2.05, 4.69) is 19.2 Å². The number of nitrogens with two attached hydrogens (primary N) is 1. The highest BCUT2D eigenvalue weighted by atomic mass is 16.3. The van der Waals surface area contributed by atoms with Gasteiger partial charge >= 0.3 is 0 Å². The standard InChI is InChI=1S/C11H24N2O/c1-11(2,9-4-3-5-9)8-13-6-10(12)7-14/h9-10,13-14H,3-8,12H2,1-2H3. The Hall–Kier alpha value is -0.120. The number of rotatable bonds is 6. The fourth-order valence-electron chi connectivity index (χ4n) is 1.98. The number of hydrogen-bond acceptors (Lipinski definition) is 3. The minimum atomic E-state index is -0.118. The molecule has 0 aromatic carbocycles. The average Bonchev–Trinajstić information content (AvgIpc) is 1.99. The maximum atomic E-state index is 8.77. The zero-order valence-corrected chi connectivity index (χ0v) is 9.42. The van der Waals surface area contributed by atoms with Crippen LogP contribution in [0.4, 0.5) is 0 Å². The van der Waals surface area contributed by atoms with Gasteiger partial charge in [0.2, 0.25) is 0 Å². The van der Waals surface area contributed by atoms with Crippen molar-refractivity contribution in [1.29, 1.82) is 0 Å². The van der Waals surface area contributed by atoms with Gasteiger partial charge in [0.05, 0.1) is 6.61 Å². The van der Waals surface area contributed by atoms with E-state index in [4.69, 9.17) is 10.8 Å². The molecule has 14 heavy (non-hydrogen) atoms. The number of hydrogen-bond donors (Lipinski definition) is 3. The third-order valence-corrected chi connectivity index (χ3v) is 3.43. The van der Waals surface area contributed by atoms with Gasteiger partial charge in [0, 0.05) is 19.1 Å². The zero-order chi connectivity index (χ0) is 10.6. The lowest BCUT2D eigenvalue weighted by Gasteiger charge is -2.40. The van der Waals surface area contributed by atoms with Crippen molar-refractivity contribution < 1.29 is 5.11 Å². The molecule has 4 N–H and O–H groups in total. The maximum absolute atomic E-state index is 8.77. The predicted molar refractivity (Wildman–Crippen MR) is 59.1 cm³/mol. The first-order chi connectivity index (χ1) is 6.56. The molecule has 1 unspecified atom stereocenters. The SMILES string of the molecule is CC(C)(CNCC(N)CO)C1CCC1. The van der Waals surface area contributed by atoms with Crippen molar-refractivity contribution in [3.8, 4) is 0 Å². The third-order valence-electron chi connectivity index (χ3n) is 3.43. The van der Waals surface area contributed by atoms with E-state index in [0.29, 0.717) is 12.0 Å². The van der Waals surface area contributed by atoms with Crippen LogP contribution in [0.3, 0.4) is 0 Å². The van der Waals surface area contributed by atoms with Crippen molar-refractivity contribution in [3.63, 3.8) is 0 Å². The van der Waals surface area contributed by atoms with Crippen LogP contribution < -0.4 is 11.1 Å². The minimum absolute atomic E-state index is 0.0663. The highest BCUT2D eigenvalue weighted by Gasteiger charge is 2.33. The molecule has 0 aromatic rings. The van der Waals surface area contributed by atoms with Crippen LogP contribution in [0.5, 0.6) is 0 Å². The van der Waals surface area contributed by atoms with Gasteiger partial charge in [0.15, 0.2) is 0 Å². The summed E-state index contributed by atoms with van der Waals surface area (Å²) in [5.41, 5.74) is 5.99. The van der Waals surface area contributed by atoms with Gasteiger partial charge in [-0.3, -0.25) is 0 Å². The first kappa shape index (κ1) is 12.0. The molecular weight excluding hydrogens is 176 g/mol. The highest BCUT2D eigenvalue weighted by molar-refractivity contribution is 4.86. The molecular formula is C11H24N2O. The summed E-state index contributed by atoms with van der Waals surface area (Å²) in [7, 11) is 0. The fraction of sp³-hybridized carbons (Fsp3) is 1.00. The summed E-state index contributed by atoms with van der Waals surface area (Å²) in [5, 5.41) is 12.1. The van der Waals surface area contributed by atoms with Gasteiger partial charge in [0.25, 0.3) is 0 Å². The van der Waals surface area contributed by atoms with Crippen molar-refractivity contribution in [2.24, 2.45) is 17.1 Å². The van der Waals surface area contributed by atoms with Crippen LogP contribution in [0.25, 0.3) is 0 Å². The average molecular weight is 200 g/mol. The quantitative estimate of drug-likeness (QED) is 0.592. The molecule has 1 aliphatic carbocycles. The van der Waals surface area contributed by atoms with Gasteiger partial charge < -0.3 is 16.2 Å². The van der Waals surface area contributed by atoms with Gasteiger partial charge in [-0.2, -0.15) is 0 Å². The topological polar surface area (TPSA) is 58.3 Å². The van der Waals surface area contributed by atoms with Crippen LogP contribution in [0.15, 0.2) is 0 Å². The Balaban J connectivity index is 2.15. The van der Waals surface area contributed by atoms with Gasteiger partial charge in [-0.25, -0.2) is 0 Å². The van der Waals surface area contributed by atoms with Crippen LogP contribution in [0.2, 0.25) is 0 Å². The van der Waals surface area contributed by atoms with E-state index < -0.39 is 0 Å². The second-order valence-electron chi connectivity index (χ2n) is 5.19. The zero-order valence-electron chi connectivity index (χ0n) is 9.42. The first-order valence-electron chi connectivity index (χ1n) is 5.63. The molecule has 1 atom stereocenters. The summed E-state index contributed by atoms with van der Waals surface area (Å²) in [4.78, 5) is 0. The van der Waals surface area contributed by atoms with Crippen LogP contribution in [0.1, 0.15) is 33.1 Å². The summed E-state index contributed by atoms with van der Waals surface area (Å²) in [5.74, 6) is 0.875. The summed E-state index contributed by atoms with van der Waals surface area (Å²) in [6, 6.07) is -0.118. The van der Waals surface area contributed by atoms with Crippen molar-refractivity contribution in [2.45, 2.75) is 39.2 Å². The number of aliphatic hydroxyl groups is 1. The molecule has 0 aromatic heterocycles. The molecule has 0 heterocycles. The highest BCUT2D eigenvalue weighted by Crippen LogP contribution is 2.40. The molecule has 1 aliphatic rings. The van der Waals surface area contributed by atoms with Crippen molar-refractivity contribution >= 4 is 0 Å². The summed E-state index contributed by atoms with van der Waals surface area (Å²) in [6.07, 6.45) is 4.14. The van der Waals surface area contributed by atoms with Crippen LogP contribution in [0, 0.1) is 11.3 Å². The lowest BCUT2D eigenvalue weighted by molar-refractivity contribution is 0.117. The van der Waals surface area contributed by atoms with E-state index in [1.54, 1.807) is 0 Å². The molecule has 3 nitrogen and oxygen atoms in total. The van der Waals surface area contributed by atoms with Crippen molar-refractivity contribution in [2.75, 3.05) is 19.7 Å². The first-order valence-corrected chi connectivity index (χ1v) is 5.63. The minimum Gasteiger partial charge on any atom is -0.395 e. The van der Waals surface area contributed by atoms with Gasteiger partial charge in [-0.1, -0.05) is 20.3 Å². The number of nitrogens with one attached hydrogen (secondary N) is 1. The Morgan fingerprint density at radius 2 is 2.14 bits per heavy atom. The molecule has 0 aliphatic heterocycles. The fourth-order valence-corrected chi connectivity index (χ4v) is 1.98. The smallest absolute Gasteiger partial charge is 0.0594 e. The Kier molecular flexibility index (Phi) is 4.35. The molecule has 0 amide bonds. The van der Waals surface area contributed by atoms with E-state index >= 15 is 0 Å². The van der Waals surface area contributed by atoms with Crippen LogP contribution >= 0.6 is 0 Å². The maximum Gasteiger partial charge on any atom is 0.0594 e. The van der Waals surface area contributed by atoms with Gasteiger partial charge in [0.1, 0.15) is 0 Å². The molecule has 3 heteroatoms. The van der Waals surface area contributed by atoms with E-state index in [0.717, 1.165) is 12.5 Å².